The Hall–Kier alpha value is 0.170. The van der Waals surface area contributed by atoms with Crippen LogP contribution < -0.4 is 0 Å². The van der Waals surface area contributed by atoms with E-state index in [9.17, 15) is 4.79 Å². The molecule has 0 aliphatic rings. The molecule has 0 aromatic heterocycles. The second kappa shape index (κ2) is 8.75. The Morgan fingerprint density at radius 3 is 2.62 bits per heavy atom. The lowest BCUT2D eigenvalue weighted by molar-refractivity contribution is -0.137. The average molecular weight is 222 g/mol. The SMILES string of the molecule is COC(=O)CSCCCSC(C)C. The minimum Gasteiger partial charge on any atom is -0.468 e. The fourth-order valence-electron chi connectivity index (χ4n) is 0.694. The molecule has 0 spiro atoms. The van der Waals surface area contributed by atoms with Gasteiger partial charge in [-0.15, -0.1) is 0 Å². The highest BCUT2D eigenvalue weighted by atomic mass is 32.2. The van der Waals surface area contributed by atoms with E-state index in [-0.39, 0.29) is 5.97 Å². The molecule has 0 radical (unpaired) electrons. The molecule has 4 heteroatoms. The molecule has 0 bridgehead atoms. The normalized spacial score (nSPS) is 10.5. The number of thioether (sulfide) groups is 2. The molecule has 0 atom stereocenters. The molecular weight excluding hydrogens is 204 g/mol. The molecule has 0 amide bonds. The van der Waals surface area contributed by atoms with Gasteiger partial charge in [-0.05, 0) is 23.2 Å². The predicted octanol–water partition coefficient (Wildman–Crippen LogP) is 2.42. The van der Waals surface area contributed by atoms with Gasteiger partial charge in [0.2, 0.25) is 0 Å². The monoisotopic (exact) mass is 222 g/mol. The summed E-state index contributed by atoms with van der Waals surface area (Å²) in [6.45, 7) is 4.40. The van der Waals surface area contributed by atoms with Crippen LogP contribution in [-0.2, 0) is 9.53 Å². The predicted molar refractivity (Wildman–Crippen MR) is 61.6 cm³/mol. The Balaban J connectivity index is 3.04. The van der Waals surface area contributed by atoms with Gasteiger partial charge in [-0.25, -0.2) is 0 Å². The Morgan fingerprint density at radius 1 is 1.38 bits per heavy atom. The minimum atomic E-state index is -0.124. The summed E-state index contributed by atoms with van der Waals surface area (Å²) in [5, 5.41) is 0.714. The molecule has 78 valence electrons. The zero-order chi connectivity index (χ0) is 10.1. The van der Waals surface area contributed by atoms with Gasteiger partial charge in [0.05, 0.1) is 12.9 Å². The molecule has 2 nitrogen and oxygen atoms in total. The third-order valence-corrected chi connectivity index (χ3v) is 3.54. The van der Waals surface area contributed by atoms with Gasteiger partial charge >= 0.3 is 5.97 Å². The second-order valence-electron chi connectivity index (χ2n) is 2.90. The molecule has 0 saturated heterocycles. The lowest BCUT2D eigenvalue weighted by atomic mass is 10.6. The number of rotatable bonds is 7. The third-order valence-electron chi connectivity index (χ3n) is 1.33. The van der Waals surface area contributed by atoms with Crippen LogP contribution in [0.2, 0.25) is 0 Å². The molecule has 0 aliphatic heterocycles. The topological polar surface area (TPSA) is 26.3 Å². The number of methoxy groups -OCH3 is 1. The molecule has 0 aromatic rings. The first-order valence-corrected chi connectivity index (χ1v) is 6.63. The zero-order valence-corrected chi connectivity index (χ0v) is 10.2. The van der Waals surface area contributed by atoms with Crippen LogP contribution >= 0.6 is 23.5 Å². The zero-order valence-electron chi connectivity index (χ0n) is 8.54. The summed E-state index contributed by atoms with van der Waals surface area (Å²) in [7, 11) is 1.43. The van der Waals surface area contributed by atoms with Crippen molar-refractivity contribution >= 4 is 29.5 Å². The Morgan fingerprint density at radius 2 is 2.08 bits per heavy atom. The van der Waals surface area contributed by atoms with E-state index in [4.69, 9.17) is 0 Å². The number of ether oxygens (including phenoxy) is 1. The molecule has 0 fully saturated rings. The van der Waals surface area contributed by atoms with Crippen LogP contribution in [0.15, 0.2) is 0 Å². The highest BCUT2D eigenvalue weighted by molar-refractivity contribution is 8.00. The van der Waals surface area contributed by atoms with E-state index in [1.807, 2.05) is 11.8 Å². The van der Waals surface area contributed by atoms with Crippen LogP contribution in [0.25, 0.3) is 0 Å². The molecule has 0 heterocycles. The van der Waals surface area contributed by atoms with E-state index in [0.29, 0.717) is 11.0 Å². The van der Waals surface area contributed by atoms with Crippen molar-refractivity contribution in [2.75, 3.05) is 24.4 Å². The molecule has 0 aliphatic carbocycles. The average Bonchev–Trinajstić information content (AvgIpc) is 2.10. The van der Waals surface area contributed by atoms with Crippen molar-refractivity contribution in [2.24, 2.45) is 0 Å². The maximum atomic E-state index is 10.7. The third kappa shape index (κ3) is 10.1. The Bertz CT molecular complexity index is 138. The lowest BCUT2D eigenvalue weighted by Crippen LogP contribution is -2.04. The summed E-state index contributed by atoms with van der Waals surface area (Å²) in [4.78, 5) is 10.7. The van der Waals surface area contributed by atoms with Crippen LogP contribution in [-0.4, -0.2) is 35.6 Å². The van der Waals surface area contributed by atoms with Gasteiger partial charge in [-0.3, -0.25) is 4.79 Å². The van der Waals surface area contributed by atoms with Crippen molar-refractivity contribution in [3.63, 3.8) is 0 Å². The molecular formula is C9H18O2S2. The fraction of sp³-hybridized carbons (Fsp3) is 0.889. The molecule has 0 unspecified atom stereocenters. The number of carbonyl (C=O) groups is 1. The molecule has 0 saturated carbocycles. The molecule has 0 N–H and O–H groups in total. The van der Waals surface area contributed by atoms with E-state index in [0.717, 1.165) is 5.75 Å². The van der Waals surface area contributed by atoms with Gasteiger partial charge in [-0.1, -0.05) is 13.8 Å². The minimum absolute atomic E-state index is 0.124. The van der Waals surface area contributed by atoms with Crippen LogP contribution in [0.1, 0.15) is 20.3 Å². The highest BCUT2D eigenvalue weighted by Gasteiger charge is 1.99. The van der Waals surface area contributed by atoms with Crippen LogP contribution in [0.3, 0.4) is 0 Å². The van der Waals surface area contributed by atoms with Crippen molar-refractivity contribution in [3.8, 4) is 0 Å². The maximum absolute atomic E-state index is 10.7. The second-order valence-corrected chi connectivity index (χ2v) is 5.69. The van der Waals surface area contributed by atoms with Crippen molar-refractivity contribution in [3.05, 3.63) is 0 Å². The summed E-state index contributed by atoms with van der Waals surface area (Å²) in [5.41, 5.74) is 0. The van der Waals surface area contributed by atoms with Crippen LogP contribution in [0, 0.1) is 0 Å². The van der Waals surface area contributed by atoms with Crippen molar-refractivity contribution < 1.29 is 9.53 Å². The number of esters is 1. The van der Waals surface area contributed by atoms with Gasteiger partial charge in [0.15, 0.2) is 0 Å². The van der Waals surface area contributed by atoms with Crippen molar-refractivity contribution in [1.29, 1.82) is 0 Å². The largest absolute Gasteiger partial charge is 0.468 e. The highest BCUT2D eigenvalue weighted by Crippen LogP contribution is 2.12. The maximum Gasteiger partial charge on any atom is 0.315 e. The summed E-state index contributed by atoms with van der Waals surface area (Å²) in [6, 6.07) is 0. The van der Waals surface area contributed by atoms with Crippen LogP contribution in [0.5, 0.6) is 0 Å². The number of hydrogen-bond donors (Lipinski definition) is 0. The first-order valence-electron chi connectivity index (χ1n) is 4.43. The van der Waals surface area contributed by atoms with Gasteiger partial charge in [-0.2, -0.15) is 23.5 Å². The lowest BCUT2D eigenvalue weighted by Gasteiger charge is -2.03. The van der Waals surface area contributed by atoms with E-state index < -0.39 is 0 Å². The standard InChI is InChI=1S/C9H18O2S2/c1-8(2)13-6-4-5-12-7-9(10)11-3/h8H,4-7H2,1-3H3. The number of carbonyl (C=O) groups excluding carboxylic acids is 1. The van der Waals surface area contributed by atoms with E-state index in [1.54, 1.807) is 11.8 Å². The van der Waals surface area contributed by atoms with E-state index in [1.165, 1.54) is 19.3 Å². The van der Waals surface area contributed by atoms with Crippen molar-refractivity contribution in [1.82, 2.24) is 0 Å². The van der Waals surface area contributed by atoms with Crippen molar-refractivity contribution in [2.45, 2.75) is 25.5 Å². The summed E-state index contributed by atoms with van der Waals surface area (Å²) < 4.78 is 4.53. The van der Waals surface area contributed by atoms with Gasteiger partial charge in [0.25, 0.3) is 0 Å². The molecule has 0 rings (SSSR count). The quantitative estimate of drug-likeness (QED) is 0.488. The first kappa shape index (κ1) is 13.2. The van der Waals surface area contributed by atoms with Gasteiger partial charge in [0, 0.05) is 0 Å². The number of hydrogen-bond acceptors (Lipinski definition) is 4. The van der Waals surface area contributed by atoms with E-state index >= 15 is 0 Å². The first-order chi connectivity index (χ1) is 6.16. The van der Waals surface area contributed by atoms with Crippen LogP contribution in [0.4, 0.5) is 0 Å². The summed E-state index contributed by atoms with van der Waals surface area (Å²) >= 11 is 3.62. The Kier molecular flexibility index (Phi) is 8.87. The van der Waals surface area contributed by atoms with E-state index in [2.05, 4.69) is 18.6 Å². The summed E-state index contributed by atoms with van der Waals surface area (Å²) in [6.07, 6.45) is 1.17. The molecule has 13 heavy (non-hydrogen) atoms. The molecule has 0 aromatic carbocycles. The van der Waals surface area contributed by atoms with Gasteiger partial charge in [0.1, 0.15) is 0 Å². The summed E-state index contributed by atoms with van der Waals surface area (Å²) in [5.74, 6) is 2.60. The fourth-order valence-corrected chi connectivity index (χ4v) is 2.44. The smallest absolute Gasteiger partial charge is 0.315 e. The van der Waals surface area contributed by atoms with Gasteiger partial charge < -0.3 is 4.74 Å². The Labute approximate surface area is 89.2 Å².